The van der Waals surface area contributed by atoms with E-state index < -0.39 is 16.9 Å². The van der Waals surface area contributed by atoms with E-state index in [1.54, 1.807) is 48.5 Å². The second-order valence-corrected chi connectivity index (χ2v) is 6.20. The van der Waals surface area contributed by atoms with Gasteiger partial charge in [0.2, 0.25) is 10.9 Å². The Labute approximate surface area is 158 Å². The summed E-state index contributed by atoms with van der Waals surface area (Å²) in [5.74, 6) is 1.39. The van der Waals surface area contributed by atoms with Gasteiger partial charge in [-0.15, -0.1) is 0 Å². The molecular weight excluding hydrogens is 366 g/mol. The molecule has 0 aliphatic heterocycles. The van der Waals surface area contributed by atoms with Gasteiger partial charge in [-0.3, -0.25) is 4.72 Å². The molecule has 0 saturated carbocycles. The number of carbonyl (C=O) groups excluding carboxylic acids is 1. The third-order valence-corrected chi connectivity index (χ3v) is 3.90. The number of rotatable bonds is 6. The Bertz CT molecular complexity index is 964. The second kappa shape index (κ2) is 8.72. The quantitative estimate of drug-likeness (QED) is 0.483. The first kappa shape index (κ1) is 18.3. The van der Waals surface area contributed by atoms with Gasteiger partial charge in [0, 0.05) is 17.1 Å². The Balaban J connectivity index is 1.54. The van der Waals surface area contributed by atoms with Crippen LogP contribution < -0.4 is 20.1 Å². The molecule has 8 heteroatoms. The normalized spacial score (nSPS) is 10.3. The number of anilines is 3. The van der Waals surface area contributed by atoms with Crippen LogP contribution in [0.5, 0.6) is 11.5 Å². The Morgan fingerprint density at radius 3 is 1.70 bits per heavy atom. The van der Waals surface area contributed by atoms with Gasteiger partial charge in [0.15, 0.2) is 0 Å². The van der Waals surface area contributed by atoms with Crippen molar-refractivity contribution in [3.8, 4) is 11.5 Å². The molecule has 0 spiro atoms. The van der Waals surface area contributed by atoms with E-state index in [4.69, 9.17) is 4.74 Å². The summed E-state index contributed by atoms with van der Waals surface area (Å²) in [6, 6.07) is 22.3. The molecule has 0 aliphatic carbocycles. The number of hydrogen-bond donors (Lipinski definition) is 4. The summed E-state index contributed by atoms with van der Waals surface area (Å²) in [6.07, 6.45) is 0. The molecule has 138 valence electrons. The molecule has 0 fully saturated rings. The maximum absolute atomic E-state index is 12.1. The Morgan fingerprint density at radius 2 is 1.15 bits per heavy atom. The molecule has 27 heavy (non-hydrogen) atoms. The molecule has 0 bridgehead atoms. The lowest BCUT2D eigenvalue weighted by atomic mass is 10.3. The molecule has 2 amide bonds. The van der Waals surface area contributed by atoms with Gasteiger partial charge in [0.25, 0.3) is 0 Å². The van der Waals surface area contributed by atoms with Crippen LogP contribution in [0.2, 0.25) is 0 Å². The summed E-state index contributed by atoms with van der Waals surface area (Å²) in [5, 5.41) is 5.38. The first-order chi connectivity index (χ1) is 13.1. The molecule has 0 aliphatic rings. The van der Waals surface area contributed by atoms with Gasteiger partial charge in [0.05, 0.1) is 0 Å². The van der Waals surface area contributed by atoms with E-state index in [0.717, 1.165) is 5.75 Å². The van der Waals surface area contributed by atoms with Crippen LogP contribution in [-0.2, 0) is 10.9 Å². The number of thiol groups is 1. The van der Waals surface area contributed by atoms with Gasteiger partial charge in [0.1, 0.15) is 11.5 Å². The van der Waals surface area contributed by atoms with Crippen molar-refractivity contribution in [3.05, 3.63) is 78.9 Å². The molecule has 3 aromatic rings. The molecule has 0 unspecified atom stereocenters. The lowest BCUT2D eigenvalue weighted by Crippen LogP contribution is -2.19. The van der Waals surface area contributed by atoms with Crippen LogP contribution in [0, 0.1) is 0 Å². The maximum Gasteiger partial charge on any atom is 0.323 e. The largest absolute Gasteiger partial charge is 0.457 e. The van der Waals surface area contributed by atoms with Crippen molar-refractivity contribution < 1.29 is 17.9 Å². The van der Waals surface area contributed by atoms with Crippen LogP contribution in [0.1, 0.15) is 0 Å². The topological polar surface area (TPSA) is 96.5 Å². The molecule has 3 N–H and O–H groups in total. The fourth-order valence-corrected chi connectivity index (χ4v) is 2.62. The first-order valence-electron chi connectivity index (χ1n) is 8.00. The lowest BCUT2D eigenvalue weighted by molar-refractivity contribution is 0.262. The van der Waals surface area contributed by atoms with Crippen LogP contribution >= 0.6 is 0 Å². The van der Waals surface area contributed by atoms with Crippen molar-refractivity contribution in [2.24, 2.45) is 0 Å². The van der Waals surface area contributed by atoms with E-state index in [1.807, 2.05) is 30.3 Å². The average molecular weight is 383 g/mol. The maximum atomic E-state index is 12.1. The summed E-state index contributed by atoms with van der Waals surface area (Å²) in [5.41, 5.74) is 1.56. The first-order valence-corrected chi connectivity index (χ1v) is 9.18. The van der Waals surface area contributed by atoms with Crippen molar-refractivity contribution in [3.63, 3.8) is 0 Å². The SMILES string of the molecule is O=C(Nc1ccc(N[SH](=O)=O)cc1)Nc1ccc(Oc2ccccc2)cc1. The number of hydrogen-bond acceptors (Lipinski definition) is 4. The number of amides is 2. The molecule has 7 nitrogen and oxygen atoms in total. The number of ether oxygens (including phenoxy) is 1. The minimum atomic E-state index is -2.72. The van der Waals surface area contributed by atoms with Crippen LogP contribution in [0.3, 0.4) is 0 Å². The molecule has 0 heterocycles. The monoisotopic (exact) mass is 383 g/mol. The smallest absolute Gasteiger partial charge is 0.323 e. The van der Waals surface area contributed by atoms with Gasteiger partial charge in [-0.1, -0.05) is 18.2 Å². The Morgan fingerprint density at radius 1 is 0.667 bits per heavy atom. The molecule has 0 atom stereocenters. The number of carbonyl (C=O) groups is 1. The van der Waals surface area contributed by atoms with Crippen LogP contribution in [-0.4, -0.2) is 14.4 Å². The minimum Gasteiger partial charge on any atom is -0.457 e. The van der Waals surface area contributed by atoms with Gasteiger partial charge in [-0.25, -0.2) is 13.2 Å². The molecule has 3 rings (SSSR count). The minimum absolute atomic E-state index is 0.415. The van der Waals surface area contributed by atoms with E-state index in [2.05, 4.69) is 15.4 Å². The van der Waals surface area contributed by atoms with Crippen molar-refractivity contribution in [2.75, 3.05) is 15.4 Å². The summed E-state index contributed by atoms with van der Waals surface area (Å²) in [7, 11) is -2.72. The third-order valence-electron chi connectivity index (χ3n) is 3.45. The van der Waals surface area contributed by atoms with E-state index in [1.165, 1.54) is 0 Å². The van der Waals surface area contributed by atoms with E-state index >= 15 is 0 Å². The molecule has 3 aromatic carbocycles. The molecule has 0 saturated heterocycles. The highest BCUT2D eigenvalue weighted by Gasteiger charge is 2.04. The summed E-state index contributed by atoms with van der Waals surface area (Å²) in [4.78, 5) is 12.1. The Hall–Kier alpha value is -3.52. The highest BCUT2D eigenvalue weighted by Crippen LogP contribution is 2.22. The average Bonchev–Trinajstić information content (AvgIpc) is 2.65. The van der Waals surface area contributed by atoms with Crippen molar-refractivity contribution in [1.82, 2.24) is 0 Å². The standard InChI is InChI=1S/C19H17N3O4S/c23-19(20-14-6-8-16(9-7-14)22-27(24)25)21-15-10-12-18(13-11-15)26-17-4-2-1-3-5-17/h1-13,27H,(H2,20,21,23)(H,22,24,25). The van der Waals surface area contributed by atoms with Crippen LogP contribution in [0.4, 0.5) is 21.9 Å². The molecular formula is C19H17N3O4S. The summed E-state index contributed by atoms with van der Waals surface area (Å²) >= 11 is 0. The fourth-order valence-electron chi connectivity index (χ4n) is 2.26. The summed E-state index contributed by atoms with van der Waals surface area (Å²) < 4.78 is 29.2. The molecule has 0 aromatic heterocycles. The van der Waals surface area contributed by atoms with Crippen LogP contribution in [0.15, 0.2) is 78.9 Å². The fraction of sp³-hybridized carbons (Fsp3) is 0. The van der Waals surface area contributed by atoms with Gasteiger partial charge >= 0.3 is 6.03 Å². The number of nitrogens with one attached hydrogen (secondary N) is 3. The van der Waals surface area contributed by atoms with Gasteiger partial charge in [-0.05, 0) is 60.7 Å². The van der Waals surface area contributed by atoms with E-state index in [9.17, 15) is 13.2 Å². The molecule has 0 radical (unpaired) electrons. The number of para-hydroxylation sites is 1. The number of urea groups is 1. The van der Waals surface area contributed by atoms with E-state index in [-0.39, 0.29) is 0 Å². The zero-order chi connectivity index (χ0) is 19.1. The third kappa shape index (κ3) is 5.75. The predicted octanol–water partition coefficient (Wildman–Crippen LogP) is 4.06. The highest BCUT2D eigenvalue weighted by atomic mass is 32.2. The van der Waals surface area contributed by atoms with Gasteiger partial charge in [-0.2, -0.15) is 0 Å². The van der Waals surface area contributed by atoms with E-state index in [0.29, 0.717) is 22.8 Å². The zero-order valence-corrected chi connectivity index (χ0v) is 15.0. The van der Waals surface area contributed by atoms with Crippen LogP contribution in [0.25, 0.3) is 0 Å². The second-order valence-electron chi connectivity index (χ2n) is 5.46. The Kier molecular flexibility index (Phi) is 5.91. The lowest BCUT2D eigenvalue weighted by Gasteiger charge is -2.09. The van der Waals surface area contributed by atoms with Crippen molar-refractivity contribution in [2.45, 2.75) is 0 Å². The summed E-state index contributed by atoms with van der Waals surface area (Å²) in [6.45, 7) is 0. The highest BCUT2D eigenvalue weighted by molar-refractivity contribution is 7.73. The van der Waals surface area contributed by atoms with Crippen molar-refractivity contribution in [1.29, 1.82) is 0 Å². The van der Waals surface area contributed by atoms with Crippen molar-refractivity contribution >= 4 is 34.0 Å². The zero-order valence-electron chi connectivity index (χ0n) is 14.1. The number of benzene rings is 3. The van der Waals surface area contributed by atoms with Gasteiger partial charge < -0.3 is 15.4 Å². The predicted molar refractivity (Wildman–Crippen MR) is 106 cm³/mol.